The van der Waals surface area contributed by atoms with Crippen LogP contribution in [-0.4, -0.2) is 11.8 Å². The lowest BCUT2D eigenvalue weighted by molar-refractivity contribution is -0.116. The van der Waals surface area contributed by atoms with Crippen LogP contribution >= 0.6 is 0 Å². The standard InChI is InChI=1S/C22H28N2O2/c1-5-6-10-20(25)23-18-8-7-9-19(15-18)24-21(26)16-11-13-17(14-12-16)22(2,3)4/h7-9,11-15H,5-6,10H2,1-4H3,(H,23,25)(H,24,26). The van der Waals surface area contributed by atoms with E-state index in [0.717, 1.165) is 12.8 Å². The zero-order valence-corrected chi connectivity index (χ0v) is 16.1. The molecule has 4 heteroatoms. The van der Waals surface area contributed by atoms with Crippen LogP contribution in [0.25, 0.3) is 0 Å². The van der Waals surface area contributed by atoms with Crippen molar-refractivity contribution in [3.05, 3.63) is 59.7 Å². The highest BCUT2D eigenvalue weighted by atomic mass is 16.2. The van der Waals surface area contributed by atoms with E-state index in [1.54, 1.807) is 6.07 Å². The Morgan fingerprint density at radius 2 is 1.54 bits per heavy atom. The largest absolute Gasteiger partial charge is 0.326 e. The highest BCUT2D eigenvalue weighted by Crippen LogP contribution is 2.23. The molecule has 0 saturated carbocycles. The molecule has 0 aliphatic carbocycles. The summed E-state index contributed by atoms with van der Waals surface area (Å²) in [6, 6.07) is 14.9. The van der Waals surface area contributed by atoms with Crippen molar-refractivity contribution in [3.8, 4) is 0 Å². The monoisotopic (exact) mass is 352 g/mol. The van der Waals surface area contributed by atoms with Crippen LogP contribution in [0, 0.1) is 0 Å². The lowest BCUT2D eigenvalue weighted by Crippen LogP contribution is -2.15. The predicted octanol–water partition coefficient (Wildman–Crippen LogP) is 5.37. The first-order valence-corrected chi connectivity index (χ1v) is 9.11. The van der Waals surface area contributed by atoms with Crippen molar-refractivity contribution >= 4 is 23.2 Å². The fourth-order valence-corrected chi connectivity index (χ4v) is 2.56. The summed E-state index contributed by atoms with van der Waals surface area (Å²) in [4.78, 5) is 24.3. The second kappa shape index (κ2) is 8.65. The summed E-state index contributed by atoms with van der Waals surface area (Å²) in [6.07, 6.45) is 2.36. The molecule has 2 amide bonds. The Labute approximate surface area is 156 Å². The van der Waals surface area contributed by atoms with Crippen LogP contribution < -0.4 is 10.6 Å². The van der Waals surface area contributed by atoms with Crippen LogP contribution in [0.5, 0.6) is 0 Å². The normalized spacial score (nSPS) is 11.1. The molecule has 0 aliphatic heterocycles. The summed E-state index contributed by atoms with van der Waals surface area (Å²) in [5, 5.41) is 5.75. The summed E-state index contributed by atoms with van der Waals surface area (Å²) >= 11 is 0. The number of anilines is 2. The molecule has 0 heterocycles. The number of nitrogens with one attached hydrogen (secondary N) is 2. The highest BCUT2D eigenvalue weighted by Gasteiger charge is 2.14. The number of carbonyl (C=O) groups excluding carboxylic acids is 2. The molecule has 26 heavy (non-hydrogen) atoms. The van der Waals surface area contributed by atoms with Crippen LogP contribution in [0.4, 0.5) is 11.4 Å². The van der Waals surface area contributed by atoms with Gasteiger partial charge in [0.15, 0.2) is 0 Å². The Hall–Kier alpha value is -2.62. The molecule has 0 fully saturated rings. The van der Waals surface area contributed by atoms with Gasteiger partial charge in [0.2, 0.25) is 5.91 Å². The van der Waals surface area contributed by atoms with Crippen LogP contribution in [-0.2, 0) is 10.2 Å². The fraction of sp³-hybridized carbons (Fsp3) is 0.364. The average molecular weight is 352 g/mol. The SMILES string of the molecule is CCCCC(=O)Nc1cccc(NC(=O)c2ccc(C(C)(C)C)cc2)c1. The second-order valence-electron chi connectivity index (χ2n) is 7.51. The minimum atomic E-state index is -0.167. The molecule has 0 unspecified atom stereocenters. The van der Waals surface area contributed by atoms with Gasteiger partial charge in [-0.15, -0.1) is 0 Å². The van der Waals surface area contributed by atoms with Crippen LogP contribution in [0.3, 0.4) is 0 Å². The number of benzene rings is 2. The lowest BCUT2D eigenvalue weighted by Gasteiger charge is -2.19. The van der Waals surface area contributed by atoms with Gasteiger partial charge in [-0.1, -0.05) is 52.3 Å². The first-order chi connectivity index (χ1) is 12.3. The van der Waals surface area contributed by atoms with Gasteiger partial charge < -0.3 is 10.6 Å². The highest BCUT2D eigenvalue weighted by molar-refractivity contribution is 6.04. The fourth-order valence-electron chi connectivity index (χ4n) is 2.56. The van der Waals surface area contributed by atoms with Gasteiger partial charge in [0.25, 0.3) is 5.91 Å². The van der Waals surface area contributed by atoms with Gasteiger partial charge >= 0.3 is 0 Å². The topological polar surface area (TPSA) is 58.2 Å². The molecule has 0 saturated heterocycles. The van der Waals surface area contributed by atoms with Crippen molar-refractivity contribution in [1.82, 2.24) is 0 Å². The van der Waals surface area contributed by atoms with Crippen molar-refractivity contribution in [2.24, 2.45) is 0 Å². The molecule has 4 nitrogen and oxygen atoms in total. The van der Waals surface area contributed by atoms with E-state index in [2.05, 4.69) is 38.3 Å². The molecule has 0 atom stereocenters. The second-order valence-corrected chi connectivity index (χ2v) is 7.51. The van der Waals surface area contributed by atoms with Crippen molar-refractivity contribution in [2.45, 2.75) is 52.4 Å². The molecular weight excluding hydrogens is 324 g/mol. The number of amides is 2. The summed E-state index contributed by atoms with van der Waals surface area (Å²) in [5.74, 6) is -0.173. The molecule has 0 bridgehead atoms. The van der Waals surface area contributed by atoms with E-state index in [9.17, 15) is 9.59 Å². The zero-order valence-electron chi connectivity index (χ0n) is 16.1. The van der Waals surface area contributed by atoms with Gasteiger partial charge in [-0.3, -0.25) is 9.59 Å². The Bertz CT molecular complexity index is 758. The maximum Gasteiger partial charge on any atom is 0.255 e. The van der Waals surface area contributed by atoms with Gasteiger partial charge in [0.1, 0.15) is 0 Å². The maximum atomic E-state index is 12.5. The molecule has 138 valence electrons. The van der Waals surface area contributed by atoms with E-state index in [0.29, 0.717) is 23.4 Å². The molecule has 0 aromatic heterocycles. The molecule has 0 aliphatic rings. The quantitative estimate of drug-likeness (QED) is 0.735. The number of carbonyl (C=O) groups is 2. The Morgan fingerprint density at radius 3 is 2.12 bits per heavy atom. The average Bonchev–Trinajstić information content (AvgIpc) is 2.59. The summed E-state index contributed by atoms with van der Waals surface area (Å²) < 4.78 is 0. The molecule has 2 aromatic rings. The van der Waals surface area contributed by atoms with Crippen LogP contribution in [0.15, 0.2) is 48.5 Å². The number of hydrogen-bond donors (Lipinski definition) is 2. The Kier molecular flexibility index (Phi) is 6.56. The van der Waals surface area contributed by atoms with E-state index in [4.69, 9.17) is 0 Å². The maximum absolute atomic E-state index is 12.5. The summed E-state index contributed by atoms with van der Waals surface area (Å²) in [6.45, 7) is 8.48. The smallest absolute Gasteiger partial charge is 0.255 e. The molecule has 0 radical (unpaired) electrons. The molecule has 2 rings (SSSR count). The molecule has 2 N–H and O–H groups in total. The third kappa shape index (κ3) is 5.73. The van der Waals surface area contributed by atoms with Gasteiger partial charge in [0.05, 0.1) is 0 Å². The molecule has 2 aromatic carbocycles. The van der Waals surface area contributed by atoms with Crippen LogP contribution in [0.2, 0.25) is 0 Å². The minimum Gasteiger partial charge on any atom is -0.326 e. The van der Waals surface area contributed by atoms with Crippen molar-refractivity contribution in [3.63, 3.8) is 0 Å². The number of rotatable bonds is 6. The van der Waals surface area contributed by atoms with Crippen molar-refractivity contribution in [1.29, 1.82) is 0 Å². The summed E-state index contributed by atoms with van der Waals surface area (Å²) in [5.41, 5.74) is 3.19. The van der Waals surface area contributed by atoms with E-state index < -0.39 is 0 Å². The third-order valence-electron chi connectivity index (χ3n) is 4.17. The molecular formula is C22H28N2O2. The van der Waals surface area contributed by atoms with E-state index in [1.807, 2.05) is 42.5 Å². The number of unbranched alkanes of at least 4 members (excludes halogenated alkanes) is 1. The first kappa shape index (κ1) is 19.7. The molecule has 0 spiro atoms. The Balaban J connectivity index is 2.03. The van der Waals surface area contributed by atoms with E-state index >= 15 is 0 Å². The van der Waals surface area contributed by atoms with Gasteiger partial charge in [0, 0.05) is 23.4 Å². The van der Waals surface area contributed by atoms with Crippen LogP contribution in [0.1, 0.15) is 62.9 Å². The lowest BCUT2D eigenvalue weighted by atomic mass is 9.87. The van der Waals surface area contributed by atoms with Gasteiger partial charge in [-0.05, 0) is 47.7 Å². The predicted molar refractivity (Wildman–Crippen MR) is 108 cm³/mol. The van der Waals surface area contributed by atoms with Gasteiger partial charge in [-0.25, -0.2) is 0 Å². The Morgan fingerprint density at radius 1 is 0.923 bits per heavy atom. The summed E-state index contributed by atoms with van der Waals surface area (Å²) in [7, 11) is 0. The first-order valence-electron chi connectivity index (χ1n) is 9.11. The number of hydrogen-bond acceptors (Lipinski definition) is 2. The van der Waals surface area contributed by atoms with Gasteiger partial charge in [-0.2, -0.15) is 0 Å². The zero-order chi connectivity index (χ0) is 19.2. The van der Waals surface area contributed by atoms with Crippen molar-refractivity contribution < 1.29 is 9.59 Å². The van der Waals surface area contributed by atoms with Crippen molar-refractivity contribution in [2.75, 3.05) is 10.6 Å². The van der Waals surface area contributed by atoms with E-state index in [1.165, 1.54) is 5.56 Å². The third-order valence-corrected chi connectivity index (χ3v) is 4.17. The van der Waals surface area contributed by atoms with E-state index in [-0.39, 0.29) is 17.2 Å². The minimum absolute atomic E-state index is 0.00639.